The number of nitrogens with zero attached hydrogens (tertiary/aromatic N) is 1. The van der Waals surface area contributed by atoms with Crippen LogP contribution in [-0.2, 0) is 0 Å². The predicted molar refractivity (Wildman–Crippen MR) is 56.4 cm³/mol. The van der Waals surface area contributed by atoms with E-state index in [1.807, 2.05) is 0 Å². The Labute approximate surface area is 84.1 Å². The average molecular weight is 197 g/mol. The van der Waals surface area contributed by atoms with Gasteiger partial charge in [-0.25, -0.2) is 9.89 Å². The van der Waals surface area contributed by atoms with E-state index in [9.17, 15) is 4.79 Å². The summed E-state index contributed by atoms with van der Waals surface area (Å²) in [5, 5.41) is 6.31. The smallest absolute Gasteiger partial charge is 0.293 e. The van der Waals surface area contributed by atoms with Crippen LogP contribution in [0.15, 0.2) is 4.79 Å². The van der Waals surface area contributed by atoms with Gasteiger partial charge in [-0.3, -0.25) is 4.98 Å². The van der Waals surface area contributed by atoms with Crippen molar-refractivity contribution in [3.8, 4) is 0 Å². The lowest BCUT2D eigenvalue weighted by molar-refractivity contribution is 0.563. The molecule has 0 aliphatic carbocycles. The Hall–Kier alpha value is -1.06. The monoisotopic (exact) mass is 197 g/mol. The highest BCUT2D eigenvalue weighted by atomic mass is 16.1. The van der Waals surface area contributed by atoms with Crippen molar-refractivity contribution in [2.45, 2.75) is 51.9 Å². The quantitative estimate of drug-likeness (QED) is 0.686. The summed E-state index contributed by atoms with van der Waals surface area (Å²) in [4.78, 5) is 13.5. The van der Waals surface area contributed by atoms with Crippen LogP contribution in [0.4, 0.5) is 0 Å². The number of aromatic amines is 2. The van der Waals surface area contributed by atoms with E-state index in [0.717, 1.165) is 12.2 Å². The van der Waals surface area contributed by atoms with Crippen molar-refractivity contribution in [2.24, 2.45) is 0 Å². The predicted octanol–water partition coefficient (Wildman–Crippen LogP) is 2.17. The highest BCUT2D eigenvalue weighted by molar-refractivity contribution is 4.89. The Bertz CT molecular complexity index is 302. The van der Waals surface area contributed by atoms with Gasteiger partial charge >= 0.3 is 5.69 Å². The minimum absolute atomic E-state index is 0.208. The molecule has 0 aliphatic heterocycles. The Morgan fingerprint density at radius 3 is 2.71 bits per heavy atom. The molecule has 2 N–H and O–H groups in total. The van der Waals surface area contributed by atoms with Gasteiger partial charge in [0.1, 0.15) is 5.82 Å². The maximum Gasteiger partial charge on any atom is 0.340 e. The van der Waals surface area contributed by atoms with Crippen molar-refractivity contribution >= 4 is 0 Å². The minimum Gasteiger partial charge on any atom is -0.293 e. The summed E-state index contributed by atoms with van der Waals surface area (Å²) in [5.41, 5.74) is -0.208. The fourth-order valence-corrected chi connectivity index (χ4v) is 1.53. The van der Waals surface area contributed by atoms with E-state index in [4.69, 9.17) is 0 Å². The fourth-order valence-electron chi connectivity index (χ4n) is 1.53. The third kappa shape index (κ3) is 3.36. The van der Waals surface area contributed by atoms with Crippen LogP contribution in [-0.4, -0.2) is 15.2 Å². The van der Waals surface area contributed by atoms with Crippen LogP contribution in [0.2, 0.25) is 0 Å². The van der Waals surface area contributed by atoms with Crippen LogP contribution >= 0.6 is 0 Å². The standard InChI is InChI=1S/C10H19N3O/c1-3-4-5-6-7-8(2)9-11-10(14)13-12-9/h8H,3-7H2,1-2H3,(H2,11,12,13,14). The van der Waals surface area contributed by atoms with Crippen LogP contribution in [0.5, 0.6) is 0 Å². The number of unbranched alkanes of at least 4 members (excludes halogenated alkanes) is 3. The highest BCUT2D eigenvalue weighted by Gasteiger charge is 2.08. The number of hydrogen-bond donors (Lipinski definition) is 2. The van der Waals surface area contributed by atoms with Crippen molar-refractivity contribution in [3.05, 3.63) is 16.3 Å². The van der Waals surface area contributed by atoms with Gasteiger partial charge in [0.15, 0.2) is 0 Å². The van der Waals surface area contributed by atoms with E-state index in [2.05, 4.69) is 29.0 Å². The Balaban J connectivity index is 2.28. The molecule has 0 aliphatic rings. The van der Waals surface area contributed by atoms with Crippen LogP contribution in [0.1, 0.15) is 57.7 Å². The summed E-state index contributed by atoms with van der Waals surface area (Å²) < 4.78 is 0. The van der Waals surface area contributed by atoms with Crippen LogP contribution in [0.25, 0.3) is 0 Å². The second-order valence-corrected chi connectivity index (χ2v) is 3.81. The van der Waals surface area contributed by atoms with E-state index < -0.39 is 0 Å². The Morgan fingerprint density at radius 1 is 1.36 bits per heavy atom. The topological polar surface area (TPSA) is 61.5 Å². The number of H-pyrrole nitrogens is 2. The average Bonchev–Trinajstić information content (AvgIpc) is 2.59. The van der Waals surface area contributed by atoms with E-state index in [1.165, 1.54) is 25.7 Å². The second-order valence-electron chi connectivity index (χ2n) is 3.81. The number of rotatable bonds is 6. The van der Waals surface area contributed by atoms with E-state index >= 15 is 0 Å². The van der Waals surface area contributed by atoms with Crippen molar-refractivity contribution in [1.82, 2.24) is 15.2 Å². The molecule has 0 saturated carbocycles. The summed E-state index contributed by atoms with van der Waals surface area (Å²) in [6.45, 7) is 4.30. The molecule has 1 atom stereocenters. The van der Waals surface area contributed by atoms with Crippen molar-refractivity contribution in [3.63, 3.8) is 0 Å². The molecule has 0 fully saturated rings. The molecule has 0 amide bonds. The normalized spacial score (nSPS) is 13.0. The van der Waals surface area contributed by atoms with Crippen LogP contribution in [0.3, 0.4) is 0 Å². The zero-order valence-electron chi connectivity index (χ0n) is 8.97. The molecule has 1 rings (SSSR count). The molecular formula is C10H19N3O. The van der Waals surface area contributed by atoms with Crippen LogP contribution in [0, 0.1) is 0 Å². The SMILES string of the molecule is CCCCCCC(C)c1n[nH]c(=O)[nH]1. The molecule has 1 unspecified atom stereocenters. The molecule has 0 aromatic carbocycles. The van der Waals surface area contributed by atoms with E-state index in [1.54, 1.807) is 0 Å². The van der Waals surface area contributed by atoms with Gasteiger partial charge in [0, 0.05) is 5.92 Å². The van der Waals surface area contributed by atoms with Crippen LogP contribution < -0.4 is 5.69 Å². The third-order valence-corrected chi connectivity index (χ3v) is 2.48. The number of nitrogens with one attached hydrogen (secondary N) is 2. The number of hydrogen-bond acceptors (Lipinski definition) is 2. The van der Waals surface area contributed by atoms with Gasteiger partial charge in [-0.15, -0.1) is 0 Å². The molecule has 1 heterocycles. The largest absolute Gasteiger partial charge is 0.340 e. The van der Waals surface area contributed by atoms with Gasteiger partial charge in [-0.2, -0.15) is 5.10 Å². The molecule has 0 radical (unpaired) electrons. The van der Waals surface area contributed by atoms with Gasteiger partial charge < -0.3 is 0 Å². The lowest BCUT2D eigenvalue weighted by Gasteiger charge is -2.06. The molecule has 1 aromatic rings. The van der Waals surface area contributed by atoms with Gasteiger partial charge in [0.25, 0.3) is 0 Å². The lowest BCUT2D eigenvalue weighted by Crippen LogP contribution is -2.02. The summed E-state index contributed by atoms with van der Waals surface area (Å²) >= 11 is 0. The maximum atomic E-state index is 10.8. The number of aromatic nitrogens is 3. The zero-order valence-corrected chi connectivity index (χ0v) is 8.97. The zero-order chi connectivity index (χ0) is 10.4. The molecule has 14 heavy (non-hydrogen) atoms. The summed E-state index contributed by atoms with van der Waals surface area (Å²) in [7, 11) is 0. The maximum absolute atomic E-state index is 10.8. The van der Waals surface area contributed by atoms with Gasteiger partial charge in [-0.05, 0) is 6.42 Å². The first-order valence-electron chi connectivity index (χ1n) is 5.38. The molecule has 4 heteroatoms. The second kappa shape index (κ2) is 5.62. The third-order valence-electron chi connectivity index (χ3n) is 2.48. The summed E-state index contributed by atoms with van der Waals surface area (Å²) in [6.07, 6.45) is 6.14. The van der Waals surface area contributed by atoms with Crippen molar-refractivity contribution < 1.29 is 0 Å². The molecule has 0 bridgehead atoms. The first-order valence-corrected chi connectivity index (χ1v) is 5.38. The molecule has 0 saturated heterocycles. The van der Waals surface area contributed by atoms with Gasteiger partial charge in [-0.1, -0.05) is 39.5 Å². The minimum atomic E-state index is -0.208. The Kier molecular flexibility index (Phi) is 4.43. The molecule has 80 valence electrons. The summed E-state index contributed by atoms with van der Waals surface area (Å²) in [6, 6.07) is 0. The van der Waals surface area contributed by atoms with Gasteiger partial charge in [0.05, 0.1) is 0 Å². The molecule has 4 nitrogen and oxygen atoms in total. The lowest BCUT2D eigenvalue weighted by atomic mass is 10.0. The summed E-state index contributed by atoms with van der Waals surface area (Å²) in [5.74, 6) is 1.14. The van der Waals surface area contributed by atoms with E-state index in [-0.39, 0.29) is 5.69 Å². The molecule has 0 spiro atoms. The first kappa shape index (κ1) is 11.0. The first-order chi connectivity index (χ1) is 6.74. The van der Waals surface area contributed by atoms with E-state index in [0.29, 0.717) is 5.92 Å². The van der Waals surface area contributed by atoms with Gasteiger partial charge in [0.2, 0.25) is 0 Å². The molecule has 1 aromatic heterocycles. The molecular weight excluding hydrogens is 178 g/mol. The van der Waals surface area contributed by atoms with Crippen molar-refractivity contribution in [2.75, 3.05) is 0 Å². The fraction of sp³-hybridized carbons (Fsp3) is 0.800. The highest BCUT2D eigenvalue weighted by Crippen LogP contribution is 2.17. The Morgan fingerprint density at radius 2 is 2.14 bits per heavy atom. The van der Waals surface area contributed by atoms with Crippen molar-refractivity contribution in [1.29, 1.82) is 0 Å².